The maximum Gasteiger partial charge on any atom is 0.452 e. The van der Waals surface area contributed by atoms with Crippen LogP contribution in [-0.2, 0) is 6.18 Å². The predicted molar refractivity (Wildman–Crippen MR) is 88.4 cm³/mol. The normalized spacial score (nSPS) is 24.6. The molecule has 4 heterocycles. The molecule has 0 unspecified atom stereocenters. The minimum atomic E-state index is -4.62. The lowest BCUT2D eigenvalue weighted by atomic mass is 9.84. The molecule has 1 amide bonds. The Balaban J connectivity index is 1.37. The van der Waals surface area contributed by atoms with Gasteiger partial charge in [0.1, 0.15) is 5.75 Å². The summed E-state index contributed by atoms with van der Waals surface area (Å²) in [5, 5.41) is 6.32. The number of carbonyl (C=O) groups is 1. The van der Waals surface area contributed by atoms with Gasteiger partial charge in [0.05, 0.1) is 6.07 Å². The topological polar surface area (TPSA) is 67.6 Å². The van der Waals surface area contributed by atoms with Crippen molar-refractivity contribution >= 4 is 5.91 Å². The van der Waals surface area contributed by atoms with Crippen LogP contribution in [0, 0.1) is 5.92 Å². The first kappa shape index (κ1) is 17.8. The monoisotopic (exact) mass is 381 g/mol. The van der Waals surface area contributed by atoms with Crippen LogP contribution in [0.1, 0.15) is 29.0 Å². The van der Waals surface area contributed by atoms with Gasteiger partial charge >= 0.3 is 6.18 Å². The highest BCUT2D eigenvalue weighted by Crippen LogP contribution is 2.32. The number of aromatic nitrogens is 1. The Morgan fingerprint density at radius 3 is 2.48 bits per heavy atom. The van der Waals surface area contributed by atoms with Crippen LogP contribution in [0.25, 0.3) is 0 Å². The summed E-state index contributed by atoms with van der Waals surface area (Å²) in [4.78, 5) is 14.8. The lowest BCUT2D eigenvalue weighted by Crippen LogP contribution is -2.57. The van der Waals surface area contributed by atoms with E-state index in [1.807, 2.05) is 0 Å². The van der Waals surface area contributed by atoms with Gasteiger partial charge in [0, 0.05) is 18.2 Å². The van der Waals surface area contributed by atoms with Gasteiger partial charge in [0.2, 0.25) is 5.76 Å². The second kappa shape index (κ2) is 6.88. The fraction of sp³-hybridized carbons (Fsp3) is 0.444. The fourth-order valence-electron chi connectivity index (χ4n) is 3.62. The van der Waals surface area contributed by atoms with Crippen LogP contribution in [-0.4, -0.2) is 41.6 Å². The Labute approximate surface area is 153 Å². The molecule has 3 saturated heterocycles. The van der Waals surface area contributed by atoms with E-state index in [-0.39, 0.29) is 23.6 Å². The third-order valence-corrected chi connectivity index (χ3v) is 5.08. The van der Waals surface area contributed by atoms with E-state index in [0.717, 1.165) is 32.5 Å². The second-order valence-electron chi connectivity index (χ2n) is 6.87. The van der Waals surface area contributed by atoms with Crippen molar-refractivity contribution in [3.63, 3.8) is 0 Å². The highest BCUT2D eigenvalue weighted by molar-refractivity contribution is 5.94. The SMILES string of the molecule is O=C(N[C@H]1CN2CCC1CC2)c1ccc(Oc2cc(C(F)(F)F)on2)cc1. The van der Waals surface area contributed by atoms with Crippen LogP contribution >= 0.6 is 0 Å². The number of alkyl halides is 3. The third kappa shape index (κ3) is 3.92. The highest BCUT2D eigenvalue weighted by Gasteiger charge is 2.37. The summed E-state index contributed by atoms with van der Waals surface area (Å²) >= 11 is 0. The molecule has 2 aromatic rings. The van der Waals surface area contributed by atoms with Crippen LogP contribution in [0.3, 0.4) is 0 Å². The van der Waals surface area contributed by atoms with Crippen molar-refractivity contribution < 1.29 is 27.2 Å². The number of nitrogens with zero attached hydrogens (tertiary/aromatic N) is 2. The summed E-state index contributed by atoms with van der Waals surface area (Å²) < 4.78 is 46.9. The van der Waals surface area contributed by atoms with Gasteiger partial charge in [0.25, 0.3) is 11.8 Å². The van der Waals surface area contributed by atoms with Crippen LogP contribution in [0.2, 0.25) is 0 Å². The first-order chi connectivity index (χ1) is 12.9. The van der Waals surface area contributed by atoms with Crippen molar-refractivity contribution in [2.24, 2.45) is 5.92 Å². The number of hydrogen-bond donors (Lipinski definition) is 1. The van der Waals surface area contributed by atoms with Gasteiger partial charge in [-0.15, -0.1) is 0 Å². The zero-order valence-electron chi connectivity index (χ0n) is 14.3. The molecular weight excluding hydrogens is 363 g/mol. The Bertz CT molecular complexity index is 811. The molecule has 6 nitrogen and oxygen atoms in total. The second-order valence-corrected chi connectivity index (χ2v) is 6.87. The first-order valence-electron chi connectivity index (χ1n) is 8.73. The molecule has 0 saturated carbocycles. The number of ether oxygens (including phenoxy) is 1. The van der Waals surface area contributed by atoms with Gasteiger partial charge in [-0.25, -0.2) is 0 Å². The molecule has 0 spiro atoms. The molecule has 2 bridgehead atoms. The smallest absolute Gasteiger partial charge is 0.436 e. The Morgan fingerprint density at radius 1 is 1.22 bits per heavy atom. The largest absolute Gasteiger partial charge is 0.452 e. The van der Waals surface area contributed by atoms with Crippen molar-refractivity contribution in [2.75, 3.05) is 19.6 Å². The average molecular weight is 381 g/mol. The van der Waals surface area contributed by atoms with Crippen molar-refractivity contribution in [1.82, 2.24) is 15.4 Å². The van der Waals surface area contributed by atoms with Gasteiger partial charge in [0.15, 0.2) is 0 Å². The Morgan fingerprint density at radius 2 is 1.93 bits per heavy atom. The molecule has 27 heavy (non-hydrogen) atoms. The zero-order valence-corrected chi connectivity index (χ0v) is 14.3. The lowest BCUT2D eigenvalue weighted by Gasteiger charge is -2.44. The van der Waals surface area contributed by atoms with Crippen LogP contribution < -0.4 is 10.1 Å². The number of piperidine rings is 3. The number of amides is 1. The molecule has 9 heteroatoms. The minimum absolute atomic E-state index is 0.159. The van der Waals surface area contributed by atoms with Gasteiger partial charge in [-0.05, 0) is 61.3 Å². The van der Waals surface area contributed by atoms with Crippen molar-refractivity contribution in [3.8, 4) is 11.6 Å². The summed E-state index contributed by atoms with van der Waals surface area (Å²) in [7, 11) is 0. The van der Waals surface area contributed by atoms with Gasteiger partial charge in [-0.3, -0.25) is 4.79 Å². The maximum atomic E-state index is 12.5. The van der Waals surface area contributed by atoms with Crippen LogP contribution in [0.15, 0.2) is 34.9 Å². The Hall–Kier alpha value is -2.55. The minimum Gasteiger partial charge on any atom is -0.436 e. The molecular formula is C18H18F3N3O3. The summed E-state index contributed by atoms with van der Waals surface area (Å²) in [5.41, 5.74) is 0.468. The summed E-state index contributed by atoms with van der Waals surface area (Å²) in [6.45, 7) is 3.08. The third-order valence-electron chi connectivity index (χ3n) is 5.08. The molecule has 3 aliphatic heterocycles. The fourth-order valence-corrected chi connectivity index (χ4v) is 3.62. The molecule has 1 N–H and O–H groups in total. The molecule has 1 aromatic carbocycles. The number of halogens is 3. The summed E-state index contributed by atoms with van der Waals surface area (Å²) in [6.07, 6.45) is -2.41. The number of rotatable bonds is 4. The molecule has 3 fully saturated rings. The molecule has 5 rings (SSSR count). The molecule has 0 aliphatic carbocycles. The van der Waals surface area contributed by atoms with Gasteiger partial charge in [-0.1, -0.05) is 0 Å². The van der Waals surface area contributed by atoms with E-state index in [0.29, 0.717) is 17.5 Å². The highest BCUT2D eigenvalue weighted by atomic mass is 19.4. The van der Waals surface area contributed by atoms with Gasteiger partial charge < -0.3 is 19.5 Å². The number of hydrogen-bond acceptors (Lipinski definition) is 5. The van der Waals surface area contributed by atoms with Gasteiger partial charge in [-0.2, -0.15) is 13.2 Å². The zero-order chi connectivity index (χ0) is 19.0. The van der Waals surface area contributed by atoms with E-state index in [2.05, 4.69) is 19.9 Å². The Kier molecular flexibility index (Phi) is 4.55. The van der Waals surface area contributed by atoms with Crippen molar-refractivity contribution in [3.05, 3.63) is 41.7 Å². The standard InChI is InChI=1S/C18H18F3N3O3/c19-18(20,21)15-9-16(23-27-15)26-13-3-1-12(2-4-13)17(25)22-14-10-24-7-5-11(14)6-8-24/h1-4,9,11,14H,5-8,10H2,(H,22,25)/t14-/m0/s1. The number of fused-ring (bicyclic) bond motifs is 3. The van der Waals surface area contributed by atoms with E-state index in [4.69, 9.17) is 4.74 Å². The number of nitrogens with one attached hydrogen (secondary N) is 1. The van der Waals surface area contributed by atoms with Crippen LogP contribution in [0.5, 0.6) is 11.6 Å². The van der Waals surface area contributed by atoms with E-state index in [9.17, 15) is 18.0 Å². The maximum absolute atomic E-state index is 12.5. The average Bonchev–Trinajstić information content (AvgIpc) is 3.12. The summed E-state index contributed by atoms with van der Waals surface area (Å²) in [5.74, 6) is -0.910. The van der Waals surface area contributed by atoms with E-state index >= 15 is 0 Å². The molecule has 144 valence electrons. The number of carbonyl (C=O) groups excluding carboxylic acids is 1. The first-order valence-corrected chi connectivity index (χ1v) is 8.73. The van der Waals surface area contributed by atoms with Crippen molar-refractivity contribution in [1.29, 1.82) is 0 Å². The predicted octanol–water partition coefficient (Wildman–Crippen LogP) is 3.31. The van der Waals surface area contributed by atoms with E-state index in [1.165, 1.54) is 12.1 Å². The van der Waals surface area contributed by atoms with E-state index in [1.54, 1.807) is 12.1 Å². The molecule has 0 radical (unpaired) electrons. The lowest BCUT2D eigenvalue weighted by molar-refractivity contribution is -0.155. The summed E-state index contributed by atoms with van der Waals surface area (Å²) in [6, 6.07) is 6.98. The van der Waals surface area contributed by atoms with E-state index < -0.39 is 11.9 Å². The van der Waals surface area contributed by atoms with Crippen LogP contribution in [0.4, 0.5) is 13.2 Å². The molecule has 1 aromatic heterocycles. The quantitative estimate of drug-likeness (QED) is 0.880. The van der Waals surface area contributed by atoms with Crippen molar-refractivity contribution in [2.45, 2.75) is 25.1 Å². The molecule has 1 atom stereocenters. The molecule has 3 aliphatic rings. The number of benzene rings is 1.